The average Bonchev–Trinajstić information content (AvgIpc) is 2.30. The molecule has 0 aromatic heterocycles. The molecule has 1 fully saturated rings. The monoisotopic (exact) mass is 212 g/mol. The summed E-state index contributed by atoms with van der Waals surface area (Å²) in [6.07, 6.45) is 0.222. The molecule has 2 unspecified atom stereocenters. The summed E-state index contributed by atoms with van der Waals surface area (Å²) in [4.78, 5) is 13.4. The lowest BCUT2D eigenvalue weighted by molar-refractivity contribution is -0.129. The van der Waals surface area contributed by atoms with Crippen molar-refractivity contribution in [3.63, 3.8) is 0 Å². The standard InChI is InChI=1S/C9H16N4O2/c1-2-8(9(14)12-11)13-3-4-15-7(5-10)6-13/h7-8H,2-4,6,11H2,1H3,(H,12,14). The molecule has 0 aliphatic carbocycles. The van der Waals surface area contributed by atoms with E-state index in [4.69, 9.17) is 15.8 Å². The van der Waals surface area contributed by atoms with Crippen LogP contribution in [0.3, 0.4) is 0 Å². The summed E-state index contributed by atoms with van der Waals surface area (Å²) in [5.74, 6) is 4.89. The lowest BCUT2D eigenvalue weighted by Crippen LogP contribution is -2.54. The van der Waals surface area contributed by atoms with E-state index in [9.17, 15) is 4.79 Å². The van der Waals surface area contributed by atoms with Gasteiger partial charge in [0.15, 0.2) is 6.10 Å². The third-order valence-corrected chi connectivity index (χ3v) is 2.51. The van der Waals surface area contributed by atoms with Gasteiger partial charge in [-0.05, 0) is 6.42 Å². The summed E-state index contributed by atoms with van der Waals surface area (Å²) in [5, 5.41) is 8.73. The number of morpholine rings is 1. The first kappa shape index (κ1) is 11.9. The minimum Gasteiger partial charge on any atom is -0.361 e. The molecule has 84 valence electrons. The Hall–Kier alpha value is -1.16. The number of nitrogens with zero attached hydrogens (tertiary/aromatic N) is 2. The Morgan fingerprint density at radius 3 is 3.13 bits per heavy atom. The quantitative estimate of drug-likeness (QED) is 0.355. The first-order chi connectivity index (χ1) is 7.22. The molecular weight excluding hydrogens is 196 g/mol. The van der Waals surface area contributed by atoms with Gasteiger partial charge in [-0.15, -0.1) is 0 Å². The smallest absolute Gasteiger partial charge is 0.251 e. The summed E-state index contributed by atoms with van der Waals surface area (Å²) in [7, 11) is 0. The highest BCUT2D eigenvalue weighted by Gasteiger charge is 2.29. The Labute approximate surface area is 88.9 Å². The number of carbonyl (C=O) groups is 1. The van der Waals surface area contributed by atoms with Crippen LogP contribution in [0, 0.1) is 11.3 Å². The van der Waals surface area contributed by atoms with Crippen LogP contribution in [0.15, 0.2) is 0 Å². The van der Waals surface area contributed by atoms with Crippen molar-refractivity contribution < 1.29 is 9.53 Å². The highest BCUT2D eigenvalue weighted by molar-refractivity contribution is 5.81. The van der Waals surface area contributed by atoms with Crippen molar-refractivity contribution in [2.24, 2.45) is 5.84 Å². The van der Waals surface area contributed by atoms with E-state index >= 15 is 0 Å². The van der Waals surface area contributed by atoms with Crippen LogP contribution >= 0.6 is 0 Å². The van der Waals surface area contributed by atoms with Crippen LogP contribution < -0.4 is 11.3 Å². The molecule has 1 aliphatic rings. The number of nitriles is 1. The van der Waals surface area contributed by atoms with Crippen LogP contribution in [0.1, 0.15) is 13.3 Å². The van der Waals surface area contributed by atoms with Crippen LogP contribution in [-0.4, -0.2) is 42.6 Å². The third kappa shape index (κ3) is 2.89. The minimum atomic E-state index is -0.446. The van der Waals surface area contributed by atoms with Gasteiger partial charge in [-0.25, -0.2) is 5.84 Å². The molecule has 0 radical (unpaired) electrons. The predicted molar refractivity (Wildman–Crippen MR) is 53.3 cm³/mol. The Morgan fingerprint density at radius 2 is 2.60 bits per heavy atom. The maximum absolute atomic E-state index is 11.4. The molecule has 0 aromatic carbocycles. The molecule has 0 spiro atoms. The van der Waals surface area contributed by atoms with Crippen molar-refractivity contribution in [3.05, 3.63) is 0 Å². The van der Waals surface area contributed by atoms with Crippen LogP contribution in [0.25, 0.3) is 0 Å². The molecule has 1 rings (SSSR count). The molecule has 15 heavy (non-hydrogen) atoms. The number of nitrogens with one attached hydrogen (secondary N) is 1. The Morgan fingerprint density at radius 1 is 1.87 bits per heavy atom. The fraction of sp³-hybridized carbons (Fsp3) is 0.778. The largest absolute Gasteiger partial charge is 0.361 e. The molecule has 1 amide bonds. The van der Waals surface area contributed by atoms with E-state index < -0.39 is 6.10 Å². The zero-order chi connectivity index (χ0) is 11.3. The number of rotatable bonds is 3. The molecule has 0 aromatic rings. The SMILES string of the molecule is CCC(C(=O)NN)N1CCOC(C#N)C1. The number of carbonyl (C=O) groups excluding carboxylic acids is 1. The van der Waals surface area contributed by atoms with Gasteiger partial charge in [0.1, 0.15) is 0 Å². The minimum absolute atomic E-state index is 0.212. The fourth-order valence-electron chi connectivity index (χ4n) is 1.74. The second-order valence-electron chi connectivity index (χ2n) is 3.42. The molecule has 3 N–H and O–H groups in total. The maximum Gasteiger partial charge on any atom is 0.251 e. The van der Waals surface area contributed by atoms with Gasteiger partial charge in [-0.1, -0.05) is 6.92 Å². The van der Waals surface area contributed by atoms with E-state index in [1.54, 1.807) is 0 Å². The number of amides is 1. The number of ether oxygens (including phenoxy) is 1. The van der Waals surface area contributed by atoms with Gasteiger partial charge in [0.2, 0.25) is 0 Å². The normalized spacial score (nSPS) is 24.2. The average molecular weight is 212 g/mol. The Bertz CT molecular complexity index is 263. The molecule has 0 saturated carbocycles. The van der Waals surface area contributed by atoms with Gasteiger partial charge in [-0.3, -0.25) is 15.1 Å². The first-order valence-electron chi connectivity index (χ1n) is 4.98. The van der Waals surface area contributed by atoms with Crippen LogP contribution in [0.4, 0.5) is 0 Å². The van der Waals surface area contributed by atoms with Gasteiger partial charge >= 0.3 is 0 Å². The highest BCUT2D eigenvalue weighted by Crippen LogP contribution is 2.11. The van der Waals surface area contributed by atoms with Crippen molar-refractivity contribution in [2.75, 3.05) is 19.7 Å². The highest BCUT2D eigenvalue weighted by atomic mass is 16.5. The van der Waals surface area contributed by atoms with Crippen molar-refractivity contribution in [2.45, 2.75) is 25.5 Å². The topological polar surface area (TPSA) is 91.4 Å². The van der Waals surface area contributed by atoms with Gasteiger partial charge < -0.3 is 4.74 Å². The van der Waals surface area contributed by atoms with Gasteiger partial charge in [-0.2, -0.15) is 5.26 Å². The van der Waals surface area contributed by atoms with E-state index in [1.807, 2.05) is 17.9 Å². The van der Waals surface area contributed by atoms with Gasteiger partial charge in [0, 0.05) is 13.1 Å². The molecule has 6 heteroatoms. The molecule has 6 nitrogen and oxygen atoms in total. The van der Waals surface area contributed by atoms with Crippen LogP contribution in [0.5, 0.6) is 0 Å². The van der Waals surface area contributed by atoms with Crippen molar-refractivity contribution in [1.29, 1.82) is 5.26 Å². The van der Waals surface area contributed by atoms with Crippen LogP contribution in [-0.2, 0) is 9.53 Å². The lowest BCUT2D eigenvalue weighted by atomic mass is 10.1. The van der Waals surface area contributed by atoms with E-state index in [0.29, 0.717) is 26.1 Å². The third-order valence-electron chi connectivity index (χ3n) is 2.51. The maximum atomic E-state index is 11.4. The van der Waals surface area contributed by atoms with E-state index in [0.717, 1.165) is 0 Å². The number of nitrogens with two attached hydrogens (primary N) is 1. The lowest BCUT2D eigenvalue weighted by Gasteiger charge is -2.34. The molecular formula is C9H16N4O2. The summed E-state index contributed by atoms with van der Waals surface area (Å²) in [6, 6.07) is 1.77. The molecule has 1 saturated heterocycles. The summed E-state index contributed by atoms with van der Waals surface area (Å²) in [5.41, 5.74) is 2.14. The first-order valence-corrected chi connectivity index (χ1v) is 4.98. The van der Waals surface area contributed by atoms with Gasteiger partial charge in [0.25, 0.3) is 5.91 Å². The molecule has 2 atom stereocenters. The van der Waals surface area contributed by atoms with Gasteiger partial charge in [0.05, 0.1) is 18.7 Å². The Kier molecular flexibility index (Phi) is 4.49. The molecule has 1 aliphatic heterocycles. The fourth-order valence-corrected chi connectivity index (χ4v) is 1.74. The second-order valence-corrected chi connectivity index (χ2v) is 3.42. The second kappa shape index (κ2) is 5.66. The summed E-state index contributed by atoms with van der Waals surface area (Å²) in [6.45, 7) is 3.51. The van der Waals surface area contributed by atoms with E-state index in [1.165, 1.54) is 0 Å². The summed E-state index contributed by atoms with van der Waals surface area (Å²) < 4.78 is 5.20. The van der Waals surface area contributed by atoms with Crippen molar-refractivity contribution >= 4 is 5.91 Å². The predicted octanol–water partition coefficient (Wildman–Crippen LogP) is -1.02. The summed E-state index contributed by atoms with van der Waals surface area (Å²) >= 11 is 0. The Balaban J connectivity index is 2.60. The zero-order valence-corrected chi connectivity index (χ0v) is 8.77. The molecule has 1 heterocycles. The zero-order valence-electron chi connectivity index (χ0n) is 8.77. The van der Waals surface area contributed by atoms with E-state index in [-0.39, 0.29) is 11.9 Å². The number of hydrogen-bond donors (Lipinski definition) is 2. The molecule has 0 bridgehead atoms. The number of hydrazine groups is 1. The van der Waals surface area contributed by atoms with E-state index in [2.05, 4.69) is 5.43 Å². The van der Waals surface area contributed by atoms with Crippen LogP contribution in [0.2, 0.25) is 0 Å². The van der Waals surface area contributed by atoms with Crippen molar-refractivity contribution in [1.82, 2.24) is 10.3 Å². The van der Waals surface area contributed by atoms with Crippen molar-refractivity contribution in [3.8, 4) is 6.07 Å². The number of hydrogen-bond acceptors (Lipinski definition) is 5.